The molecule has 0 aliphatic carbocycles. The topological polar surface area (TPSA) is 156 Å². The second kappa shape index (κ2) is 8.69. The summed E-state index contributed by atoms with van der Waals surface area (Å²) < 4.78 is 22.5. The van der Waals surface area contributed by atoms with Crippen LogP contribution in [0.25, 0.3) is 0 Å². The molecule has 0 heterocycles. The van der Waals surface area contributed by atoms with Crippen LogP contribution in [-0.2, 0) is 24.2 Å². The van der Waals surface area contributed by atoms with Crippen LogP contribution in [0.2, 0.25) is 0 Å². The lowest BCUT2D eigenvalue weighted by atomic mass is 10.00. The van der Waals surface area contributed by atoms with Crippen LogP contribution in [0, 0.1) is 5.92 Å². The molecular weight excluding hydrogens is 314 g/mol. The summed E-state index contributed by atoms with van der Waals surface area (Å²) in [5.74, 6) is -2.87. The molecule has 10 heteroatoms. The zero-order valence-electron chi connectivity index (χ0n) is 12.8. The Kier molecular flexibility index (Phi) is 8.02. The zero-order valence-corrected chi connectivity index (χ0v) is 13.6. The van der Waals surface area contributed by atoms with Gasteiger partial charge in [-0.1, -0.05) is 20.3 Å². The van der Waals surface area contributed by atoms with Crippen LogP contribution in [0.5, 0.6) is 0 Å². The van der Waals surface area contributed by atoms with Crippen molar-refractivity contribution in [2.75, 3.05) is 12.9 Å². The van der Waals surface area contributed by atoms with Gasteiger partial charge < -0.3 is 21.5 Å². The predicted molar refractivity (Wildman–Crippen MR) is 79.5 cm³/mol. The van der Waals surface area contributed by atoms with Gasteiger partial charge in [0.25, 0.3) is 0 Å². The molecule has 0 radical (unpaired) electrons. The number of hydrogen-bond acceptors (Lipinski definition) is 6. The summed E-state index contributed by atoms with van der Waals surface area (Å²) in [5, 5.41) is 11.6. The van der Waals surface area contributed by atoms with Gasteiger partial charge in [-0.25, -0.2) is 8.42 Å². The Morgan fingerprint density at radius 3 is 2.18 bits per heavy atom. The molecule has 0 fully saturated rings. The van der Waals surface area contributed by atoms with Gasteiger partial charge in [-0.3, -0.25) is 14.4 Å². The van der Waals surface area contributed by atoms with Gasteiger partial charge in [0, 0.05) is 6.26 Å². The van der Waals surface area contributed by atoms with Crippen LogP contribution in [0.3, 0.4) is 0 Å². The second-order valence-corrected chi connectivity index (χ2v) is 7.32. The molecule has 0 saturated heterocycles. The summed E-state index contributed by atoms with van der Waals surface area (Å²) in [4.78, 5) is 34.0. The highest BCUT2D eigenvalue weighted by Crippen LogP contribution is 2.05. The zero-order chi connectivity index (χ0) is 17.5. The number of nitrogens with two attached hydrogens (primary N) is 1. The molecule has 0 spiro atoms. The minimum atomic E-state index is -3.90. The van der Waals surface area contributed by atoms with Crippen molar-refractivity contribution >= 4 is 27.6 Å². The van der Waals surface area contributed by atoms with Crippen molar-refractivity contribution < 1.29 is 27.9 Å². The molecule has 0 bridgehead atoms. The number of nitrogens with one attached hydrogen (secondary N) is 2. The summed E-state index contributed by atoms with van der Waals surface area (Å²) in [7, 11) is -3.90. The van der Waals surface area contributed by atoms with Crippen molar-refractivity contribution in [2.45, 2.75) is 38.0 Å². The fourth-order valence-corrected chi connectivity index (χ4v) is 2.34. The van der Waals surface area contributed by atoms with E-state index in [0.29, 0.717) is 0 Å². The van der Waals surface area contributed by atoms with Crippen molar-refractivity contribution in [3.8, 4) is 0 Å². The Balaban J connectivity index is 4.36. The van der Waals surface area contributed by atoms with Gasteiger partial charge >= 0.3 is 5.97 Å². The largest absolute Gasteiger partial charge is 0.480 e. The van der Waals surface area contributed by atoms with E-state index in [2.05, 4.69) is 10.6 Å². The minimum Gasteiger partial charge on any atom is -0.480 e. The average molecular weight is 337 g/mol. The number of rotatable bonds is 9. The molecule has 22 heavy (non-hydrogen) atoms. The molecule has 0 aromatic heterocycles. The number of hydrogen-bond donors (Lipinski definition) is 4. The molecule has 0 aromatic carbocycles. The fraction of sp³-hybridized carbons (Fsp3) is 0.750. The van der Waals surface area contributed by atoms with E-state index in [0.717, 1.165) is 12.7 Å². The van der Waals surface area contributed by atoms with Gasteiger partial charge in [0.15, 0.2) is 15.1 Å². The first-order valence-electron chi connectivity index (χ1n) is 6.72. The molecule has 0 aliphatic rings. The van der Waals surface area contributed by atoms with E-state index in [1.165, 1.54) is 0 Å². The van der Waals surface area contributed by atoms with Crippen LogP contribution in [0.4, 0.5) is 0 Å². The lowest BCUT2D eigenvalue weighted by Crippen LogP contribution is -2.48. The third kappa shape index (κ3) is 6.85. The van der Waals surface area contributed by atoms with Crippen molar-refractivity contribution in [1.82, 2.24) is 10.6 Å². The highest BCUT2D eigenvalue weighted by Gasteiger charge is 2.31. The lowest BCUT2D eigenvalue weighted by molar-refractivity contribution is -0.138. The van der Waals surface area contributed by atoms with Gasteiger partial charge in [0.1, 0.15) is 0 Å². The number of amides is 2. The summed E-state index contributed by atoms with van der Waals surface area (Å²) in [6, 6.07) is -0.718. The molecule has 0 aliphatic heterocycles. The van der Waals surface area contributed by atoms with E-state index >= 15 is 0 Å². The van der Waals surface area contributed by atoms with Crippen LogP contribution < -0.4 is 16.4 Å². The van der Waals surface area contributed by atoms with Crippen LogP contribution >= 0.6 is 0 Å². The third-order valence-corrected chi connectivity index (χ3v) is 4.67. The molecule has 0 rings (SSSR count). The van der Waals surface area contributed by atoms with E-state index in [1.807, 2.05) is 13.8 Å². The van der Waals surface area contributed by atoms with Gasteiger partial charge in [0.2, 0.25) is 11.8 Å². The molecular formula is C12H23N3O6S. The number of carboxylic acid groups (broad SMARTS) is 1. The summed E-state index contributed by atoms with van der Waals surface area (Å²) in [6.07, 6.45) is 0.739. The molecule has 128 valence electrons. The van der Waals surface area contributed by atoms with Crippen molar-refractivity contribution in [3.63, 3.8) is 0 Å². The lowest BCUT2D eigenvalue weighted by Gasteiger charge is -2.18. The number of carboxylic acids is 1. The van der Waals surface area contributed by atoms with Crippen LogP contribution in [0.1, 0.15) is 26.7 Å². The van der Waals surface area contributed by atoms with Crippen molar-refractivity contribution in [1.29, 1.82) is 0 Å². The molecule has 9 nitrogen and oxygen atoms in total. The molecule has 2 amide bonds. The highest BCUT2D eigenvalue weighted by molar-refractivity contribution is 7.92. The van der Waals surface area contributed by atoms with E-state index in [4.69, 9.17) is 10.8 Å². The molecule has 5 N–H and O–H groups in total. The van der Waals surface area contributed by atoms with Gasteiger partial charge in [-0.2, -0.15) is 0 Å². The van der Waals surface area contributed by atoms with Crippen LogP contribution in [-0.4, -0.2) is 55.5 Å². The number of carbonyl (C=O) groups excluding carboxylic acids is 2. The molecule has 0 saturated carbocycles. The van der Waals surface area contributed by atoms with E-state index in [1.54, 1.807) is 0 Å². The number of aliphatic carboxylic acids is 1. The minimum absolute atomic E-state index is 0.0303. The second-order valence-electron chi connectivity index (χ2n) is 5.09. The van der Waals surface area contributed by atoms with E-state index in [-0.39, 0.29) is 12.6 Å². The summed E-state index contributed by atoms with van der Waals surface area (Å²) >= 11 is 0. The first-order valence-corrected chi connectivity index (χ1v) is 8.67. The summed E-state index contributed by atoms with van der Waals surface area (Å²) in [6.45, 7) is 3.45. The van der Waals surface area contributed by atoms with Crippen molar-refractivity contribution in [3.05, 3.63) is 0 Å². The Morgan fingerprint density at radius 1 is 1.23 bits per heavy atom. The Labute approximate surface area is 129 Å². The first-order chi connectivity index (χ1) is 10.0. The summed E-state index contributed by atoms with van der Waals surface area (Å²) in [5.41, 5.74) is 5.68. The Morgan fingerprint density at radius 2 is 1.77 bits per heavy atom. The Bertz CT molecular complexity index is 519. The Hall–Kier alpha value is -1.68. The van der Waals surface area contributed by atoms with Gasteiger partial charge in [-0.05, 0) is 5.92 Å². The normalized spacial score (nSPS) is 15.5. The maximum Gasteiger partial charge on any atom is 0.322 e. The SMILES string of the molecule is CCC(C)[C@H](N)C(=O)NCNC(=O)CC(C(=O)O)S(C)(=O)=O. The quantitative estimate of drug-likeness (QED) is 0.371. The first kappa shape index (κ1) is 20.3. The highest BCUT2D eigenvalue weighted by atomic mass is 32.2. The van der Waals surface area contributed by atoms with Gasteiger partial charge in [-0.15, -0.1) is 0 Å². The average Bonchev–Trinajstić information content (AvgIpc) is 2.41. The van der Waals surface area contributed by atoms with E-state index in [9.17, 15) is 22.8 Å². The van der Waals surface area contributed by atoms with E-state index < -0.39 is 45.3 Å². The molecule has 0 aromatic rings. The van der Waals surface area contributed by atoms with Crippen molar-refractivity contribution in [2.24, 2.45) is 11.7 Å². The number of carbonyl (C=O) groups is 3. The number of sulfone groups is 1. The predicted octanol–water partition coefficient (Wildman–Crippen LogP) is -1.56. The molecule has 2 unspecified atom stereocenters. The smallest absolute Gasteiger partial charge is 0.322 e. The maximum absolute atomic E-state index is 11.6. The fourth-order valence-electron chi connectivity index (χ4n) is 1.52. The van der Waals surface area contributed by atoms with Gasteiger partial charge in [0.05, 0.1) is 19.1 Å². The standard InChI is InChI=1S/C12H23N3O6S/c1-4-7(2)10(13)11(17)15-6-14-9(16)5-8(12(18)19)22(3,20)21/h7-8,10H,4-6,13H2,1-3H3,(H,14,16)(H,15,17)(H,18,19)/t7?,8?,10-/m0/s1. The van der Waals surface area contributed by atoms with Crippen LogP contribution in [0.15, 0.2) is 0 Å². The third-order valence-electron chi connectivity index (χ3n) is 3.27. The monoisotopic (exact) mass is 337 g/mol. The maximum atomic E-state index is 11.6. The molecule has 3 atom stereocenters.